The van der Waals surface area contributed by atoms with Crippen molar-refractivity contribution in [3.05, 3.63) is 59.5 Å². The van der Waals surface area contributed by atoms with E-state index in [1.807, 2.05) is 6.07 Å². The van der Waals surface area contributed by atoms with E-state index in [0.717, 1.165) is 4.90 Å². The minimum Gasteiger partial charge on any atom is -0.459 e. The first-order valence-electron chi connectivity index (χ1n) is 10.1. The van der Waals surface area contributed by atoms with Crippen LogP contribution in [0.15, 0.2) is 47.1 Å². The molecular weight excluding hydrogens is 414 g/mol. The van der Waals surface area contributed by atoms with Gasteiger partial charge in [-0.05, 0) is 36.8 Å². The molecule has 1 N–H and O–H groups in total. The molecule has 5 amide bonds. The van der Waals surface area contributed by atoms with Gasteiger partial charge < -0.3 is 19.5 Å². The average Bonchev–Trinajstić information content (AvgIpc) is 3.42. The number of carbonyl (C=O) groups excluding carboxylic acids is 4. The van der Waals surface area contributed by atoms with Gasteiger partial charge in [-0.2, -0.15) is 5.26 Å². The van der Waals surface area contributed by atoms with Crippen LogP contribution in [0.25, 0.3) is 0 Å². The van der Waals surface area contributed by atoms with Crippen LogP contribution < -0.4 is 5.32 Å². The van der Waals surface area contributed by atoms with E-state index >= 15 is 0 Å². The summed E-state index contributed by atoms with van der Waals surface area (Å²) in [6, 6.07) is 10.9. The minimum absolute atomic E-state index is 0.241. The van der Waals surface area contributed by atoms with Crippen LogP contribution in [0.3, 0.4) is 0 Å². The number of amides is 5. The molecule has 3 heterocycles. The Kier molecular flexibility index (Phi) is 5.40. The van der Waals surface area contributed by atoms with Crippen LogP contribution in [-0.4, -0.2) is 71.2 Å². The lowest BCUT2D eigenvalue weighted by molar-refractivity contribution is -0.139. The van der Waals surface area contributed by atoms with Gasteiger partial charge in [-0.3, -0.25) is 19.3 Å². The molecule has 4 rings (SSSR count). The standard InChI is InChI=1S/C22H21N5O5/c1-22(16-6-4-15(13-23)5-7-16)20(30)27(21(31)24-22)14-18(28)25-8-10-26(11-9-25)19(29)17-3-2-12-32-17/h2-7,12H,8-11,14H2,1H3,(H,24,31)/t22-/m1/s1. The van der Waals surface area contributed by atoms with Gasteiger partial charge >= 0.3 is 6.03 Å². The van der Waals surface area contributed by atoms with Gasteiger partial charge in [0.05, 0.1) is 17.9 Å². The van der Waals surface area contributed by atoms with Gasteiger partial charge in [0.15, 0.2) is 5.76 Å². The van der Waals surface area contributed by atoms with Gasteiger partial charge in [-0.15, -0.1) is 0 Å². The molecule has 2 fully saturated rings. The maximum Gasteiger partial charge on any atom is 0.325 e. The maximum absolute atomic E-state index is 13.0. The van der Waals surface area contributed by atoms with Crippen molar-refractivity contribution in [2.24, 2.45) is 0 Å². The van der Waals surface area contributed by atoms with Crippen molar-refractivity contribution in [1.82, 2.24) is 20.0 Å². The van der Waals surface area contributed by atoms with E-state index in [1.165, 1.54) is 11.2 Å². The highest BCUT2D eigenvalue weighted by atomic mass is 16.3. The Labute approximate surface area is 184 Å². The number of imide groups is 1. The average molecular weight is 435 g/mol. The molecule has 2 aliphatic rings. The lowest BCUT2D eigenvalue weighted by Crippen LogP contribution is -2.53. The molecule has 2 saturated heterocycles. The third kappa shape index (κ3) is 3.69. The minimum atomic E-state index is -1.32. The number of hydrogen-bond donors (Lipinski definition) is 1. The Bertz CT molecular complexity index is 1100. The molecule has 10 nitrogen and oxygen atoms in total. The highest BCUT2D eigenvalue weighted by molar-refractivity contribution is 6.09. The molecule has 0 aliphatic carbocycles. The van der Waals surface area contributed by atoms with Gasteiger partial charge in [-0.1, -0.05) is 12.1 Å². The number of rotatable bonds is 4. The van der Waals surface area contributed by atoms with Crippen molar-refractivity contribution < 1.29 is 23.6 Å². The van der Waals surface area contributed by atoms with Gasteiger partial charge in [0.25, 0.3) is 11.8 Å². The molecule has 1 atom stereocenters. The second-order valence-corrected chi connectivity index (χ2v) is 7.79. The molecule has 0 radical (unpaired) electrons. The molecule has 2 aliphatic heterocycles. The fourth-order valence-electron chi connectivity index (χ4n) is 3.86. The summed E-state index contributed by atoms with van der Waals surface area (Å²) in [5.74, 6) is -0.907. The van der Waals surface area contributed by atoms with Gasteiger partial charge in [0, 0.05) is 26.2 Å². The first-order valence-corrected chi connectivity index (χ1v) is 10.1. The number of carbonyl (C=O) groups is 4. The molecule has 164 valence electrons. The summed E-state index contributed by atoms with van der Waals surface area (Å²) in [5.41, 5.74) is -0.361. The third-order valence-corrected chi connectivity index (χ3v) is 5.81. The molecule has 10 heteroatoms. The number of nitriles is 1. The summed E-state index contributed by atoms with van der Waals surface area (Å²) < 4.78 is 5.13. The highest BCUT2D eigenvalue weighted by Crippen LogP contribution is 2.29. The molecule has 1 aromatic carbocycles. The van der Waals surface area contributed by atoms with Crippen LogP contribution >= 0.6 is 0 Å². The van der Waals surface area contributed by atoms with Crippen LogP contribution in [0.5, 0.6) is 0 Å². The zero-order valence-electron chi connectivity index (χ0n) is 17.4. The summed E-state index contributed by atoms with van der Waals surface area (Å²) in [7, 11) is 0. The summed E-state index contributed by atoms with van der Waals surface area (Å²) in [6.45, 7) is 2.42. The van der Waals surface area contributed by atoms with E-state index in [-0.39, 0.29) is 24.1 Å². The summed E-state index contributed by atoms with van der Waals surface area (Å²) in [4.78, 5) is 54.7. The molecule has 0 unspecified atom stereocenters. The second-order valence-electron chi connectivity index (χ2n) is 7.79. The zero-order valence-corrected chi connectivity index (χ0v) is 17.4. The second kappa shape index (κ2) is 8.19. The van der Waals surface area contributed by atoms with E-state index < -0.39 is 17.5 Å². The quantitative estimate of drug-likeness (QED) is 0.711. The summed E-state index contributed by atoms with van der Waals surface area (Å²) in [5, 5.41) is 11.6. The van der Waals surface area contributed by atoms with Gasteiger partial charge in [0.1, 0.15) is 12.1 Å². The van der Waals surface area contributed by atoms with Crippen LogP contribution in [-0.2, 0) is 15.1 Å². The van der Waals surface area contributed by atoms with E-state index in [9.17, 15) is 19.2 Å². The van der Waals surface area contributed by atoms with Crippen LogP contribution in [0.2, 0.25) is 0 Å². The molecule has 2 aromatic rings. The molecule has 32 heavy (non-hydrogen) atoms. The lowest BCUT2D eigenvalue weighted by atomic mass is 9.91. The monoisotopic (exact) mass is 435 g/mol. The topological polar surface area (TPSA) is 127 Å². The molecule has 0 saturated carbocycles. The van der Waals surface area contributed by atoms with Crippen molar-refractivity contribution >= 4 is 23.8 Å². The molecule has 1 aromatic heterocycles. The van der Waals surface area contributed by atoms with E-state index in [4.69, 9.17) is 9.68 Å². The van der Waals surface area contributed by atoms with E-state index in [2.05, 4.69) is 5.32 Å². The lowest BCUT2D eigenvalue weighted by Gasteiger charge is -2.34. The molecule has 0 bridgehead atoms. The van der Waals surface area contributed by atoms with Crippen LogP contribution in [0, 0.1) is 11.3 Å². The normalized spacial score (nSPS) is 20.8. The Hall–Kier alpha value is -4.13. The Morgan fingerprint density at radius 2 is 1.75 bits per heavy atom. The van der Waals surface area contributed by atoms with Crippen molar-refractivity contribution in [2.75, 3.05) is 32.7 Å². The fourth-order valence-corrected chi connectivity index (χ4v) is 3.86. The van der Waals surface area contributed by atoms with Crippen molar-refractivity contribution in [3.63, 3.8) is 0 Å². The number of furan rings is 1. The fraction of sp³-hybridized carbons (Fsp3) is 0.318. The Morgan fingerprint density at radius 1 is 1.09 bits per heavy atom. The van der Waals surface area contributed by atoms with E-state index in [1.54, 1.807) is 48.2 Å². The number of hydrogen-bond acceptors (Lipinski definition) is 6. The number of urea groups is 1. The number of benzene rings is 1. The Morgan fingerprint density at radius 3 is 2.34 bits per heavy atom. The number of nitrogens with one attached hydrogen (secondary N) is 1. The molecular formula is C22H21N5O5. The molecule has 0 spiro atoms. The maximum atomic E-state index is 13.0. The van der Waals surface area contributed by atoms with Crippen molar-refractivity contribution in [3.8, 4) is 6.07 Å². The van der Waals surface area contributed by atoms with Crippen LogP contribution in [0.1, 0.15) is 28.6 Å². The first kappa shape index (κ1) is 21.1. The summed E-state index contributed by atoms with van der Waals surface area (Å²) in [6.07, 6.45) is 1.43. The van der Waals surface area contributed by atoms with Crippen molar-refractivity contribution in [1.29, 1.82) is 5.26 Å². The van der Waals surface area contributed by atoms with Gasteiger partial charge in [-0.25, -0.2) is 4.79 Å². The number of nitrogens with zero attached hydrogens (tertiary/aromatic N) is 4. The largest absolute Gasteiger partial charge is 0.459 e. The van der Waals surface area contributed by atoms with E-state index in [0.29, 0.717) is 37.3 Å². The SMILES string of the molecule is C[C@]1(c2ccc(C#N)cc2)NC(=O)N(CC(=O)N2CCN(C(=O)c3ccco3)CC2)C1=O. The first-order chi connectivity index (χ1) is 15.3. The van der Waals surface area contributed by atoms with Gasteiger partial charge in [0.2, 0.25) is 5.91 Å². The third-order valence-electron chi connectivity index (χ3n) is 5.81. The zero-order chi connectivity index (χ0) is 22.9. The highest BCUT2D eigenvalue weighted by Gasteiger charge is 2.49. The predicted octanol–water partition coefficient (Wildman–Crippen LogP) is 0.903. The summed E-state index contributed by atoms with van der Waals surface area (Å²) >= 11 is 0. The van der Waals surface area contributed by atoms with Crippen LogP contribution in [0.4, 0.5) is 4.79 Å². The smallest absolute Gasteiger partial charge is 0.325 e. The number of piperazine rings is 1. The predicted molar refractivity (Wildman–Crippen MR) is 110 cm³/mol. The Balaban J connectivity index is 1.38. The van der Waals surface area contributed by atoms with Crippen molar-refractivity contribution in [2.45, 2.75) is 12.5 Å².